The average Bonchev–Trinajstić information content (AvgIpc) is 3.11. The number of hydrogen-bond donors (Lipinski definition) is 2. The number of aliphatic hydroxyl groups is 1. The number of hydrogen-bond acceptors (Lipinski definition) is 4. The minimum absolute atomic E-state index is 0.128. The van der Waals surface area contributed by atoms with Gasteiger partial charge in [-0.1, -0.05) is 37.6 Å². The summed E-state index contributed by atoms with van der Waals surface area (Å²) in [4.78, 5) is 8.57. The summed E-state index contributed by atoms with van der Waals surface area (Å²) in [5.41, 5.74) is 11.6. The Bertz CT molecular complexity index is 1120. The summed E-state index contributed by atoms with van der Waals surface area (Å²) in [6.07, 6.45) is 14.7. The summed E-state index contributed by atoms with van der Waals surface area (Å²) in [5, 5.41) is 11.3. The topological polar surface area (TPSA) is 72.0 Å². The molecule has 0 radical (unpaired) electrons. The molecule has 0 amide bonds. The van der Waals surface area contributed by atoms with E-state index in [4.69, 9.17) is 5.73 Å². The highest BCUT2D eigenvalue weighted by Gasteiger charge is 2.56. The van der Waals surface area contributed by atoms with E-state index in [0.717, 1.165) is 42.0 Å². The van der Waals surface area contributed by atoms with Crippen molar-refractivity contribution in [1.29, 1.82) is 0 Å². The van der Waals surface area contributed by atoms with Crippen LogP contribution in [0.15, 0.2) is 42.1 Å². The van der Waals surface area contributed by atoms with Crippen molar-refractivity contribution in [3.05, 3.63) is 47.7 Å². The van der Waals surface area contributed by atoms with Crippen LogP contribution in [0.4, 0.5) is 5.95 Å². The van der Waals surface area contributed by atoms with Crippen LogP contribution in [0.2, 0.25) is 0 Å². The normalized spacial score (nSPS) is 39.3. The van der Waals surface area contributed by atoms with Crippen LogP contribution >= 0.6 is 0 Å². The molecule has 4 aliphatic carbocycles. The molecule has 1 heterocycles. The smallest absolute Gasteiger partial charge is 0.220 e. The maximum atomic E-state index is 10.2. The number of nitrogen functional groups attached to an aromatic ring is 1. The molecule has 162 valence electrons. The van der Waals surface area contributed by atoms with Crippen LogP contribution in [0, 0.1) is 28.6 Å². The van der Waals surface area contributed by atoms with Crippen molar-refractivity contribution in [3.8, 4) is 0 Å². The van der Waals surface area contributed by atoms with E-state index in [1.54, 1.807) is 5.57 Å². The Kier molecular flexibility index (Phi) is 4.18. The molecule has 0 bridgehead atoms. The quantitative estimate of drug-likeness (QED) is 0.601. The predicted molar refractivity (Wildman–Crippen MR) is 125 cm³/mol. The largest absolute Gasteiger partial charge is 0.393 e. The molecule has 2 aromatic rings. The average molecular weight is 416 g/mol. The zero-order valence-electron chi connectivity index (χ0n) is 18.6. The second-order valence-corrected chi connectivity index (χ2v) is 11.0. The minimum Gasteiger partial charge on any atom is -0.393 e. The molecule has 31 heavy (non-hydrogen) atoms. The lowest BCUT2D eigenvalue weighted by molar-refractivity contribution is -0.0238. The highest BCUT2D eigenvalue weighted by Crippen LogP contribution is 2.66. The third-order valence-electron chi connectivity index (χ3n) is 9.57. The first-order valence-electron chi connectivity index (χ1n) is 12.0. The van der Waals surface area contributed by atoms with Gasteiger partial charge < -0.3 is 10.8 Å². The molecule has 0 unspecified atom stereocenters. The Morgan fingerprint density at radius 3 is 2.74 bits per heavy atom. The summed E-state index contributed by atoms with van der Waals surface area (Å²) in [6.45, 7) is 5.02. The predicted octanol–water partition coefficient (Wildman–Crippen LogP) is 5.53. The maximum absolute atomic E-state index is 10.2. The van der Waals surface area contributed by atoms with Gasteiger partial charge in [0.15, 0.2) is 0 Å². The Labute approximate surface area is 184 Å². The highest BCUT2D eigenvalue weighted by atomic mass is 16.3. The van der Waals surface area contributed by atoms with E-state index in [1.807, 2.05) is 6.20 Å². The summed E-state index contributed by atoms with van der Waals surface area (Å²) < 4.78 is 0. The first-order valence-corrected chi connectivity index (χ1v) is 12.0. The molecule has 2 saturated carbocycles. The maximum Gasteiger partial charge on any atom is 0.220 e. The van der Waals surface area contributed by atoms with E-state index in [2.05, 4.69) is 54.2 Å². The van der Waals surface area contributed by atoms with Crippen molar-refractivity contribution in [2.75, 3.05) is 5.73 Å². The third kappa shape index (κ3) is 2.77. The van der Waals surface area contributed by atoms with Crippen LogP contribution in [0.25, 0.3) is 16.5 Å². The molecule has 4 aliphatic rings. The van der Waals surface area contributed by atoms with Crippen LogP contribution in [0.3, 0.4) is 0 Å². The molecule has 3 N–H and O–H groups in total. The fourth-order valence-electron chi connectivity index (χ4n) is 7.87. The first kappa shape index (κ1) is 19.5. The lowest BCUT2D eigenvalue weighted by atomic mass is 9.47. The fraction of sp³-hybridized carbons (Fsp3) is 0.556. The molecular weight excluding hydrogens is 382 g/mol. The lowest BCUT2D eigenvalue weighted by Crippen LogP contribution is -2.49. The number of nitrogens with two attached hydrogens (primary N) is 1. The number of anilines is 1. The number of aliphatic hydroxyl groups excluding tert-OH is 1. The Morgan fingerprint density at radius 2 is 1.87 bits per heavy atom. The summed E-state index contributed by atoms with van der Waals surface area (Å²) in [7, 11) is 0. The van der Waals surface area contributed by atoms with Gasteiger partial charge in [-0.2, -0.15) is 0 Å². The van der Waals surface area contributed by atoms with Gasteiger partial charge in [-0.3, -0.25) is 0 Å². The number of aromatic nitrogens is 2. The van der Waals surface area contributed by atoms with Gasteiger partial charge in [-0.15, -0.1) is 0 Å². The molecule has 1 aromatic carbocycles. The molecule has 0 spiro atoms. The molecule has 4 nitrogen and oxygen atoms in total. The Morgan fingerprint density at radius 1 is 1.03 bits per heavy atom. The molecule has 0 aliphatic heterocycles. The van der Waals surface area contributed by atoms with Gasteiger partial charge >= 0.3 is 0 Å². The number of allylic oxidation sites excluding steroid dienone is 3. The second kappa shape index (κ2) is 6.65. The van der Waals surface area contributed by atoms with Gasteiger partial charge in [-0.25, -0.2) is 9.97 Å². The van der Waals surface area contributed by atoms with Crippen molar-refractivity contribution in [3.63, 3.8) is 0 Å². The Balaban J connectivity index is 1.33. The van der Waals surface area contributed by atoms with E-state index in [9.17, 15) is 5.11 Å². The van der Waals surface area contributed by atoms with Gasteiger partial charge in [-0.05, 0) is 96.8 Å². The monoisotopic (exact) mass is 415 g/mol. The van der Waals surface area contributed by atoms with Crippen molar-refractivity contribution >= 4 is 22.4 Å². The lowest BCUT2D eigenvalue weighted by Gasteiger charge is -2.57. The molecule has 6 rings (SSSR count). The van der Waals surface area contributed by atoms with E-state index < -0.39 is 0 Å². The molecule has 1 aromatic heterocycles. The van der Waals surface area contributed by atoms with Gasteiger partial charge in [0.1, 0.15) is 0 Å². The van der Waals surface area contributed by atoms with Crippen LogP contribution in [0.5, 0.6) is 0 Å². The number of benzene rings is 1. The highest BCUT2D eigenvalue weighted by molar-refractivity contribution is 5.85. The van der Waals surface area contributed by atoms with Crippen LogP contribution in [-0.4, -0.2) is 21.2 Å². The molecule has 6 atom stereocenters. The number of fused-ring (bicyclic) bond motifs is 6. The summed E-state index contributed by atoms with van der Waals surface area (Å²) >= 11 is 0. The fourth-order valence-corrected chi connectivity index (χ4v) is 7.87. The second-order valence-electron chi connectivity index (χ2n) is 11.0. The van der Waals surface area contributed by atoms with Crippen molar-refractivity contribution in [2.45, 2.75) is 64.9 Å². The summed E-state index contributed by atoms with van der Waals surface area (Å²) in [5.74, 6) is 2.55. The zero-order chi connectivity index (χ0) is 21.4. The van der Waals surface area contributed by atoms with Crippen LogP contribution in [0.1, 0.15) is 64.4 Å². The van der Waals surface area contributed by atoms with Crippen molar-refractivity contribution < 1.29 is 5.11 Å². The van der Waals surface area contributed by atoms with Gasteiger partial charge in [0, 0.05) is 11.6 Å². The number of nitrogens with zero attached hydrogens (tertiary/aromatic N) is 2. The number of rotatable bonds is 1. The van der Waals surface area contributed by atoms with Crippen LogP contribution < -0.4 is 5.73 Å². The first-order chi connectivity index (χ1) is 14.9. The molecule has 0 saturated heterocycles. The molecule has 2 fully saturated rings. The third-order valence-corrected chi connectivity index (χ3v) is 9.57. The minimum atomic E-state index is -0.128. The van der Waals surface area contributed by atoms with E-state index >= 15 is 0 Å². The standard InChI is InChI=1S/C27H33N3O/c1-26-11-9-19(31)14-18(26)4-5-20-22-7-6-21(27(22,2)12-10-23(20)26)16-3-8-24-17(13-16)15-29-25(28)30-24/h3-4,6,8,13,15,19-20,22-23,31H,5,7,9-12,14H2,1-2H3,(H2,28,29,30)/t19-,20+,22+,23+,26+,27-/m1/s1. The Hall–Kier alpha value is -2.20. The van der Waals surface area contributed by atoms with Crippen molar-refractivity contribution in [1.82, 2.24) is 9.97 Å². The zero-order valence-corrected chi connectivity index (χ0v) is 18.6. The molecular formula is C27H33N3O. The molecule has 4 heteroatoms. The summed E-state index contributed by atoms with van der Waals surface area (Å²) in [6, 6.07) is 6.57. The van der Waals surface area contributed by atoms with Crippen molar-refractivity contribution in [2.24, 2.45) is 28.6 Å². The van der Waals surface area contributed by atoms with E-state index in [-0.39, 0.29) is 11.5 Å². The van der Waals surface area contributed by atoms with Gasteiger partial charge in [0.25, 0.3) is 0 Å². The van der Waals surface area contributed by atoms with Gasteiger partial charge in [0.05, 0.1) is 11.6 Å². The van der Waals surface area contributed by atoms with Gasteiger partial charge in [0.2, 0.25) is 5.95 Å². The van der Waals surface area contributed by atoms with E-state index in [0.29, 0.717) is 17.3 Å². The van der Waals surface area contributed by atoms with Crippen LogP contribution in [-0.2, 0) is 0 Å². The van der Waals surface area contributed by atoms with E-state index in [1.165, 1.54) is 36.8 Å². The SMILES string of the molecule is C[C@]12CC[C@@H](O)CC1=CC[C@@H]1[C@@H]2CC[C@]2(C)C(c3ccc4nc(N)ncc4c3)=CC[C@@H]12.